The van der Waals surface area contributed by atoms with Crippen LogP contribution in [0.15, 0.2) is 61.8 Å². The molecule has 1 saturated heterocycles. The van der Waals surface area contributed by atoms with Gasteiger partial charge in [0.2, 0.25) is 5.88 Å². The van der Waals surface area contributed by atoms with E-state index in [4.69, 9.17) is 0 Å². The third-order valence-electron chi connectivity index (χ3n) is 6.68. The van der Waals surface area contributed by atoms with Crippen LogP contribution in [0.3, 0.4) is 0 Å². The number of aromatic amines is 1. The van der Waals surface area contributed by atoms with Gasteiger partial charge in [0, 0.05) is 46.5 Å². The van der Waals surface area contributed by atoms with Crippen LogP contribution in [-0.4, -0.2) is 68.1 Å². The van der Waals surface area contributed by atoms with E-state index in [9.17, 15) is 19.5 Å². The number of likely N-dealkylation sites (N-methyl/N-ethyl adjacent to an activating group) is 1. The zero-order valence-electron chi connectivity index (χ0n) is 20.3. The molecule has 1 aliphatic rings. The number of aliphatic imine (C=N–C) groups is 1. The first kappa shape index (κ1) is 23.4. The Hall–Kier alpha value is -4.38. The van der Waals surface area contributed by atoms with E-state index in [2.05, 4.69) is 26.8 Å². The smallest absolute Gasteiger partial charge is 0.335 e. The van der Waals surface area contributed by atoms with Crippen molar-refractivity contribution >= 4 is 28.6 Å². The molecule has 36 heavy (non-hydrogen) atoms. The lowest BCUT2D eigenvalue weighted by Gasteiger charge is -2.34. The Morgan fingerprint density at radius 1 is 0.917 bits per heavy atom. The zero-order chi connectivity index (χ0) is 25.6. The molecule has 11 heteroatoms. The second-order valence-electron chi connectivity index (χ2n) is 8.95. The van der Waals surface area contributed by atoms with E-state index in [1.165, 1.54) is 6.21 Å². The molecule has 5 rings (SSSR count). The number of fused-ring (bicyclic) bond motifs is 1. The van der Waals surface area contributed by atoms with Gasteiger partial charge in [-0.3, -0.25) is 23.9 Å². The van der Waals surface area contributed by atoms with Crippen molar-refractivity contribution in [3.63, 3.8) is 0 Å². The lowest BCUT2D eigenvalue weighted by atomic mass is 10.2. The predicted octanol–water partition coefficient (Wildman–Crippen LogP) is 0.924. The van der Waals surface area contributed by atoms with E-state index in [1.807, 2.05) is 6.07 Å². The molecule has 0 radical (unpaired) electrons. The molecule has 2 aromatic heterocycles. The van der Waals surface area contributed by atoms with Crippen molar-refractivity contribution in [3.05, 3.63) is 79.4 Å². The summed E-state index contributed by atoms with van der Waals surface area (Å²) >= 11 is 0. The Kier molecular flexibility index (Phi) is 5.84. The van der Waals surface area contributed by atoms with Crippen molar-refractivity contribution in [2.45, 2.75) is 0 Å². The average Bonchev–Trinajstić information content (AvgIpc) is 3.07. The van der Waals surface area contributed by atoms with Crippen LogP contribution in [0.1, 0.15) is 5.56 Å². The van der Waals surface area contributed by atoms with Gasteiger partial charge < -0.3 is 14.9 Å². The lowest BCUT2D eigenvalue weighted by molar-refractivity contribution is 0.313. The molecule has 186 valence electrons. The first-order valence-electron chi connectivity index (χ1n) is 11.6. The van der Waals surface area contributed by atoms with E-state index in [-0.39, 0.29) is 11.3 Å². The quantitative estimate of drug-likeness (QED) is 0.412. The molecule has 0 amide bonds. The van der Waals surface area contributed by atoms with Crippen molar-refractivity contribution in [2.75, 3.05) is 38.1 Å². The maximum absolute atomic E-state index is 12.6. The van der Waals surface area contributed by atoms with Crippen molar-refractivity contribution in [1.29, 1.82) is 0 Å². The number of para-hydroxylation sites is 1. The summed E-state index contributed by atoms with van der Waals surface area (Å²) in [5.41, 5.74) is 1.44. The number of H-pyrrole nitrogens is 1. The summed E-state index contributed by atoms with van der Waals surface area (Å²) in [7, 11) is 5.49. The first-order valence-corrected chi connectivity index (χ1v) is 11.6. The van der Waals surface area contributed by atoms with Gasteiger partial charge in [-0.25, -0.2) is 14.2 Å². The Morgan fingerprint density at radius 2 is 1.56 bits per heavy atom. The van der Waals surface area contributed by atoms with Crippen LogP contribution in [0.2, 0.25) is 0 Å². The van der Waals surface area contributed by atoms with Crippen LogP contribution in [0.4, 0.5) is 11.4 Å². The molecule has 0 aliphatic carbocycles. The zero-order valence-corrected chi connectivity index (χ0v) is 20.3. The molecule has 2 N–H and O–H groups in total. The molecular formula is C25H27N7O4. The number of anilines is 1. The SMILES string of the molecule is CN1CCN(c2cc3c(cc2N=Cc2c(O)n(-c4ccccc4)c(=O)[nH]c2=O)n(C)c(=O)n3C)CC1. The number of benzene rings is 2. The topological polar surface area (TPSA) is 121 Å². The van der Waals surface area contributed by atoms with Crippen molar-refractivity contribution in [3.8, 4) is 11.6 Å². The second kappa shape index (κ2) is 9.00. The summed E-state index contributed by atoms with van der Waals surface area (Å²) < 4.78 is 4.16. The largest absolute Gasteiger partial charge is 0.493 e. The average molecular weight is 490 g/mol. The summed E-state index contributed by atoms with van der Waals surface area (Å²) in [5.74, 6) is -0.506. The second-order valence-corrected chi connectivity index (χ2v) is 8.95. The van der Waals surface area contributed by atoms with E-state index < -0.39 is 17.1 Å². The third-order valence-corrected chi connectivity index (χ3v) is 6.68. The summed E-state index contributed by atoms with van der Waals surface area (Å²) in [6.45, 7) is 3.29. The highest BCUT2D eigenvalue weighted by Gasteiger charge is 2.21. The van der Waals surface area contributed by atoms with Gasteiger partial charge in [0.25, 0.3) is 5.56 Å². The molecule has 0 atom stereocenters. The van der Waals surface area contributed by atoms with Gasteiger partial charge in [-0.15, -0.1) is 0 Å². The van der Waals surface area contributed by atoms with Crippen LogP contribution in [0.5, 0.6) is 5.88 Å². The van der Waals surface area contributed by atoms with Crippen LogP contribution >= 0.6 is 0 Å². The fourth-order valence-electron chi connectivity index (χ4n) is 4.53. The summed E-state index contributed by atoms with van der Waals surface area (Å²) in [5, 5.41) is 10.9. The minimum atomic E-state index is -0.750. The standard InChI is InChI=1S/C25H27N7O4/c1-28-9-11-31(12-10-28)19-14-21-20(29(2)25(36)30(21)3)13-18(19)26-15-17-22(33)27-24(35)32(23(17)34)16-7-5-4-6-8-16/h4-8,13-15,34H,9-12H2,1-3H3,(H,27,33,35). The van der Waals surface area contributed by atoms with E-state index in [0.29, 0.717) is 16.9 Å². The highest BCUT2D eigenvalue weighted by molar-refractivity contribution is 5.92. The number of aryl methyl sites for hydroxylation is 2. The number of nitrogens with zero attached hydrogens (tertiary/aromatic N) is 6. The van der Waals surface area contributed by atoms with Crippen LogP contribution in [0, 0.1) is 0 Å². The molecular weight excluding hydrogens is 462 g/mol. The van der Waals surface area contributed by atoms with Gasteiger partial charge >= 0.3 is 11.4 Å². The fraction of sp³-hybridized carbons (Fsp3) is 0.280. The molecule has 0 saturated carbocycles. The Morgan fingerprint density at radius 3 is 2.22 bits per heavy atom. The van der Waals surface area contributed by atoms with Gasteiger partial charge in [-0.2, -0.15) is 0 Å². The number of aromatic nitrogens is 4. The number of hydrogen-bond donors (Lipinski definition) is 2. The Balaban J connectivity index is 1.66. The maximum Gasteiger partial charge on any atom is 0.335 e. The molecule has 0 unspecified atom stereocenters. The van der Waals surface area contributed by atoms with Gasteiger partial charge in [0.05, 0.1) is 28.1 Å². The molecule has 0 spiro atoms. The van der Waals surface area contributed by atoms with Gasteiger partial charge in [-0.1, -0.05) is 18.2 Å². The Labute approximate surface area is 205 Å². The number of imidazole rings is 1. The van der Waals surface area contributed by atoms with E-state index >= 15 is 0 Å². The summed E-state index contributed by atoms with van der Waals surface area (Å²) in [6, 6.07) is 12.3. The summed E-state index contributed by atoms with van der Waals surface area (Å²) in [6.07, 6.45) is 1.26. The highest BCUT2D eigenvalue weighted by atomic mass is 16.3. The summed E-state index contributed by atoms with van der Waals surface area (Å²) in [4.78, 5) is 48.9. The number of nitrogens with one attached hydrogen (secondary N) is 1. The molecule has 1 fully saturated rings. The predicted molar refractivity (Wildman–Crippen MR) is 139 cm³/mol. The van der Waals surface area contributed by atoms with Crippen LogP contribution in [0.25, 0.3) is 16.7 Å². The van der Waals surface area contributed by atoms with Gasteiger partial charge in [0.1, 0.15) is 5.56 Å². The maximum atomic E-state index is 12.6. The molecule has 11 nitrogen and oxygen atoms in total. The lowest BCUT2D eigenvalue weighted by Crippen LogP contribution is -2.44. The normalized spacial score (nSPS) is 14.8. The number of piperazine rings is 1. The third kappa shape index (κ3) is 3.93. The first-order chi connectivity index (χ1) is 17.3. The van der Waals surface area contributed by atoms with Gasteiger partial charge in [0.15, 0.2) is 0 Å². The van der Waals surface area contributed by atoms with E-state index in [0.717, 1.165) is 42.0 Å². The molecule has 2 aromatic carbocycles. The minimum absolute atomic E-state index is 0.148. The molecule has 0 bridgehead atoms. The minimum Gasteiger partial charge on any atom is -0.493 e. The highest BCUT2D eigenvalue weighted by Crippen LogP contribution is 2.34. The fourth-order valence-corrected chi connectivity index (χ4v) is 4.53. The van der Waals surface area contributed by atoms with Gasteiger partial charge in [-0.05, 0) is 31.3 Å². The molecule has 4 aromatic rings. The van der Waals surface area contributed by atoms with Crippen molar-refractivity contribution in [1.82, 2.24) is 23.6 Å². The number of hydrogen-bond acceptors (Lipinski definition) is 7. The monoisotopic (exact) mass is 489 g/mol. The number of rotatable bonds is 4. The van der Waals surface area contributed by atoms with Crippen LogP contribution < -0.4 is 21.8 Å². The Bertz CT molecular complexity index is 1650. The van der Waals surface area contributed by atoms with Crippen molar-refractivity contribution in [2.24, 2.45) is 19.1 Å². The van der Waals surface area contributed by atoms with Crippen LogP contribution in [-0.2, 0) is 14.1 Å². The van der Waals surface area contributed by atoms with E-state index in [1.54, 1.807) is 59.6 Å². The molecule has 3 heterocycles. The molecule has 1 aliphatic heterocycles. The van der Waals surface area contributed by atoms with Crippen molar-refractivity contribution < 1.29 is 5.11 Å². The number of aromatic hydroxyl groups is 1.